The molecule has 2 rings (SSSR count). The Hall–Kier alpha value is -1.19. The van der Waals surface area contributed by atoms with E-state index in [1.807, 2.05) is 13.2 Å². The zero-order chi connectivity index (χ0) is 11.7. The molecule has 0 aliphatic heterocycles. The average Bonchev–Trinajstić information content (AvgIpc) is 2.58. The number of anilines is 2. The molecule has 4 nitrogen and oxygen atoms in total. The van der Waals surface area contributed by atoms with E-state index in [1.54, 1.807) is 4.68 Å². The monoisotopic (exact) mass is 222 g/mol. The van der Waals surface area contributed by atoms with Crippen LogP contribution in [-0.4, -0.2) is 22.9 Å². The second-order valence-corrected chi connectivity index (χ2v) is 5.02. The van der Waals surface area contributed by atoms with Crippen molar-refractivity contribution < 1.29 is 0 Å². The Morgan fingerprint density at radius 3 is 2.69 bits per heavy atom. The number of nitrogens with zero attached hydrogens (tertiary/aromatic N) is 3. The predicted octanol–water partition coefficient (Wildman–Crippen LogP) is 2.02. The molecule has 0 bridgehead atoms. The smallest absolute Gasteiger partial charge is 0.173 e. The molecule has 4 heteroatoms. The highest BCUT2D eigenvalue weighted by Gasteiger charge is 2.27. The SMILES string of the molecule is CC1CCCCC1N(C)c1nn(C)cc1N. The molecule has 1 aromatic rings. The van der Waals surface area contributed by atoms with Gasteiger partial charge >= 0.3 is 0 Å². The summed E-state index contributed by atoms with van der Waals surface area (Å²) in [5.74, 6) is 1.67. The standard InChI is InChI=1S/C12H22N4/c1-9-6-4-5-7-11(9)16(3)12-10(13)8-15(2)14-12/h8-9,11H,4-7,13H2,1-3H3. The number of nitrogen functional groups attached to an aromatic ring is 1. The van der Waals surface area contributed by atoms with Gasteiger partial charge in [0, 0.05) is 26.3 Å². The Morgan fingerprint density at radius 1 is 1.44 bits per heavy atom. The lowest BCUT2D eigenvalue weighted by molar-refractivity contribution is 0.320. The van der Waals surface area contributed by atoms with Crippen molar-refractivity contribution in [1.29, 1.82) is 0 Å². The quantitative estimate of drug-likeness (QED) is 0.832. The summed E-state index contributed by atoms with van der Waals surface area (Å²) in [7, 11) is 4.03. The minimum absolute atomic E-state index is 0.589. The molecular formula is C12H22N4. The third kappa shape index (κ3) is 2.01. The minimum atomic E-state index is 0.589. The van der Waals surface area contributed by atoms with Crippen molar-refractivity contribution in [3.8, 4) is 0 Å². The third-order valence-electron chi connectivity index (χ3n) is 3.73. The van der Waals surface area contributed by atoms with E-state index in [4.69, 9.17) is 5.73 Å². The predicted molar refractivity (Wildman–Crippen MR) is 67.4 cm³/mol. The first-order valence-electron chi connectivity index (χ1n) is 6.11. The van der Waals surface area contributed by atoms with Gasteiger partial charge in [-0.15, -0.1) is 0 Å². The van der Waals surface area contributed by atoms with E-state index in [9.17, 15) is 0 Å². The van der Waals surface area contributed by atoms with Crippen LogP contribution in [0.2, 0.25) is 0 Å². The molecule has 2 unspecified atom stereocenters. The molecule has 1 aliphatic rings. The topological polar surface area (TPSA) is 47.1 Å². The van der Waals surface area contributed by atoms with Gasteiger partial charge in [0.25, 0.3) is 0 Å². The zero-order valence-electron chi connectivity index (χ0n) is 10.5. The van der Waals surface area contributed by atoms with Gasteiger partial charge in [0.15, 0.2) is 5.82 Å². The zero-order valence-corrected chi connectivity index (χ0v) is 10.5. The number of hydrogen-bond acceptors (Lipinski definition) is 3. The Balaban J connectivity index is 2.17. The van der Waals surface area contributed by atoms with Crippen LogP contribution in [0.5, 0.6) is 0 Å². The summed E-state index contributed by atoms with van der Waals surface area (Å²) in [6.07, 6.45) is 7.14. The fraction of sp³-hybridized carbons (Fsp3) is 0.750. The second kappa shape index (κ2) is 4.36. The van der Waals surface area contributed by atoms with Crippen LogP contribution in [0.1, 0.15) is 32.6 Å². The molecule has 1 aromatic heterocycles. The van der Waals surface area contributed by atoms with Crippen molar-refractivity contribution in [2.24, 2.45) is 13.0 Å². The van der Waals surface area contributed by atoms with Crippen LogP contribution in [0.4, 0.5) is 11.5 Å². The third-order valence-corrected chi connectivity index (χ3v) is 3.73. The van der Waals surface area contributed by atoms with Gasteiger partial charge in [0.05, 0.1) is 5.69 Å². The molecule has 2 N–H and O–H groups in total. The van der Waals surface area contributed by atoms with Gasteiger partial charge in [-0.25, -0.2) is 0 Å². The molecule has 0 radical (unpaired) electrons. The lowest BCUT2D eigenvalue weighted by atomic mass is 9.85. The first kappa shape index (κ1) is 11.3. The summed E-state index contributed by atoms with van der Waals surface area (Å²) in [6.45, 7) is 2.33. The summed E-state index contributed by atoms with van der Waals surface area (Å²) in [5.41, 5.74) is 6.75. The van der Waals surface area contributed by atoms with Gasteiger partial charge in [-0.3, -0.25) is 4.68 Å². The normalized spacial score (nSPS) is 25.7. The summed E-state index contributed by atoms with van der Waals surface area (Å²) in [4.78, 5) is 2.26. The van der Waals surface area contributed by atoms with Crippen LogP contribution >= 0.6 is 0 Å². The first-order chi connectivity index (χ1) is 7.59. The molecule has 0 spiro atoms. The van der Waals surface area contributed by atoms with Gasteiger partial charge in [-0.05, 0) is 18.8 Å². The molecule has 1 saturated carbocycles. The number of rotatable bonds is 2. The maximum atomic E-state index is 5.97. The highest BCUT2D eigenvalue weighted by atomic mass is 15.3. The van der Waals surface area contributed by atoms with Gasteiger partial charge in [-0.2, -0.15) is 5.10 Å². The van der Waals surface area contributed by atoms with Crippen LogP contribution in [0.25, 0.3) is 0 Å². The largest absolute Gasteiger partial charge is 0.394 e. The Kier molecular flexibility index (Phi) is 3.08. The lowest BCUT2D eigenvalue weighted by Gasteiger charge is -2.36. The fourth-order valence-electron chi connectivity index (χ4n) is 2.80. The van der Waals surface area contributed by atoms with E-state index in [0.717, 1.165) is 17.4 Å². The first-order valence-corrected chi connectivity index (χ1v) is 6.11. The number of aromatic nitrogens is 2. The van der Waals surface area contributed by atoms with Gasteiger partial charge in [-0.1, -0.05) is 19.8 Å². The van der Waals surface area contributed by atoms with Crippen molar-refractivity contribution in [1.82, 2.24) is 9.78 Å². The van der Waals surface area contributed by atoms with E-state index in [1.165, 1.54) is 25.7 Å². The van der Waals surface area contributed by atoms with Crippen LogP contribution in [0.3, 0.4) is 0 Å². The Morgan fingerprint density at radius 2 is 2.12 bits per heavy atom. The van der Waals surface area contributed by atoms with E-state index in [-0.39, 0.29) is 0 Å². The summed E-state index contributed by atoms with van der Waals surface area (Å²) >= 11 is 0. The summed E-state index contributed by atoms with van der Waals surface area (Å²) < 4.78 is 1.79. The molecule has 90 valence electrons. The van der Waals surface area contributed by atoms with Crippen molar-refractivity contribution in [2.45, 2.75) is 38.6 Å². The van der Waals surface area contributed by atoms with Crippen LogP contribution < -0.4 is 10.6 Å². The summed E-state index contributed by atoms with van der Waals surface area (Å²) in [6, 6.07) is 0.589. The van der Waals surface area contributed by atoms with E-state index < -0.39 is 0 Å². The molecule has 1 heterocycles. The number of aryl methyl sites for hydroxylation is 1. The van der Waals surface area contributed by atoms with E-state index in [2.05, 4.69) is 24.0 Å². The lowest BCUT2D eigenvalue weighted by Crippen LogP contribution is -2.39. The van der Waals surface area contributed by atoms with Gasteiger partial charge in [0.1, 0.15) is 0 Å². The molecule has 2 atom stereocenters. The molecular weight excluding hydrogens is 200 g/mol. The van der Waals surface area contributed by atoms with Crippen LogP contribution in [0.15, 0.2) is 6.20 Å². The highest BCUT2D eigenvalue weighted by Crippen LogP contribution is 2.31. The Bertz CT molecular complexity index is 358. The van der Waals surface area contributed by atoms with Crippen LogP contribution in [-0.2, 0) is 7.05 Å². The number of nitrogens with two attached hydrogens (primary N) is 1. The fourth-order valence-corrected chi connectivity index (χ4v) is 2.80. The molecule has 1 aliphatic carbocycles. The van der Waals surface area contributed by atoms with E-state index in [0.29, 0.717) is 6.04 Å². The van der Waals surface area contributed by atoms with Crippen molar-refractivity contribution in [3.63, 3.8) is 0 Å². The van der Waals surface area contributed by atoms with Crippen molar-refractivity contribution >= 4 is 11.5 Å². The van der Waals surface area contributed by atoms with Crippen molar-refractivity contribution in [3.05, 3.63) is 6.20 Å². The van der Waals surface area contributed by atoms with Crippen molar-refractivity contribution in [2.75, 3.05) is 17.7 Å². The van der Waals surface area contributed by atoms with E-state index >= 15 is 0 Å². The van der Waals surface area contributed by atoms with Gasteiger partial charge < -0.3 is 10.6 Å². The molecule has 0 amide bonds. The maximum absolute atomic E-state index is 5.97. The molecule has 1 fully saturated rings. The number of hydrogen-bond donors (Lipinski definition) is 1. The molecule has 16 heavy (non-hydrogen) atoms. The maximum Gasteiger partial charge on any atom is 0.173 e. The minimum Gasteiger partial charge on any atom is -0.394 e. The van der Waals surface area contributed by atoms with Crippen LogP contribution in [0, 0.1) is 5.92 Å². The second-order valence-electron chi connectivity index (χ2n) is 5.02. The molecule has 0 saturated heterocycles. The summed E-state index contributed by atoms with van der Waals surface area (Å²) in [5, 5.41) is 4.44. The van der Waals surface area contributed by atoms with Gasteiger partial charge in [0.2, 0.25) is 0 Å². The highest BCUT2D eigenvalue weighted by molar-refractivity contribution is 5.61. The Labute approximate surface area is 97.4 Å². The molecule has 0 aromatic carbocycles. The average molecular weight is 222 g/mol.